The molecule has 2 saturated carbocycles. The van der Waals surface area contributed by atoms with Gasteiger partial charge in [-0.15, -0.1) is 36.4 Å². The van der Waals surface area contributed by atoms with Gasteiger partial charge in [0, 0.05) is 43.9 Å². The van der Waals surface area contributed by atoms with Crippen LogP contribution in [-0.2, 0) is 56.5 Å². The number of unbranched alkanes of at least 4 members (excludes halogenated alkanes) is 7. The Hall–Kier alpha value is -7.32. The zero-order valence-corrected chi connectivity index (χ0v) is 90.5. The molecule has 3 heterocycles. The zero-order chi connectivity index (χ0) is 101. The van der Waals surface area contributed by atoms with Crippen molar-refractivity contribution in [3.05, 3.63) is 373 Å². The fraction of sp³-hybridized carbons (Fsp3) is 0.330. The number of halogens is 19. The number of alkyl halides is 9. The van der Waals surface area contributed by atoms with Crippen LogP contribution in [0.5, 0.6) is 0 Å². The van der Waals surface area contributed by atoms with Crippen molar-refractivity contribution in [1.29, 1.82) is 0 Å². The number of rotatable bonds is 27. The number of hydrogen-bond acceptors (Lipinski definition) is 6. The average molecular weight is 2200 g/mol. The van der Waals surface area contributed by atoms with Crippen molar-refractivity contribution in [2.75, 3.05) is 26.2 Å². The zero-order valence-electron chi connectivity index (χ0n) is 80.5. The minimum absolute atomic E-state index is 0. The van der Waals surface area contributed by atoms with Crippen molar-refractivity contribution < 1.29 is 83.1 Å². The molecule has 758 valence electrons. The number of nitrogens with zero attached hydrogens (tertiary/aromatic N) is 6. The van der Waals surface area contributed by atoms with Crippen LogP contribution in [0, 0.1) is 74.6 Å². The van der Waals surface area contributed by atoms with Gasteiger partial charge in [-0.05, 0) is 208 Å². The maximum absolute atomic E-state index is 14.2. The van der Waals surface area contributed by atoms with E-state index in [4.69, 9.17) is 104 Å². The summed E-state index contributed by atoms with van der Waals surface area (Å²) in [6, 6.07) is 69.2. The van der Waals surface area contributed by atoms with E-state index in [1.807, 2.05) is 73.7 Å². The third-order valence-electron chi connectivity index (χ3n) is 22.7. The molecule has 32 heteroatoms. The molecular formula is C109H122BCl9F10N6O3S2Ti. The van der Waals surface area contributed by atoms with Gasteiger partial charge in [0.1, 0.15) is 27.6 Å². The van der Waals surface area contributed by atoms with Crippen molar-refractivity contribution >= 4 is 148 Å². The van der Waals surface area contributed by atoms with Crippen molar-refractivity contribution in [2.45, 2.75) is 222 Å². The largest absolute Gasteiger partial charge is 4.00 e. The van der Waals surface area contributed by atoms with E-state index in [1.165, 1.54) is 234 Å². The molecule has 0 atom stereocenters. The van der Waals surface area contributed by atoms with Crippen molar-refractivity contribution in [3.63, 3.8) is 0 Å². The first-order chi connectivity index (χ1) is 65.8. The monoisotopic (exact) mass is 2190 g/mol. The molecule has 0 bridgehead atoms. The van der Waals surface area contributed by atoms with Gasteiger partial charge in [-0.1, -0.05) is 339 Å². The molecule has 2 fully saturated rings. The maximum atomic E-state index is 14.2. The van der Waals surface area contributed by atoms with Crippen LogP contribution < -0.4 is 16.4 Å². The first kappa shape index (κ1) is 126. The third kappa shape index (κ3) is 43.7. The molecule has 141 heavy (non-hydrogen) atoms. The van der Waals surface area contributed by atoms with Gasteiger partial charge in [-0.25, -0.2) is 54.1 Å². The second-order valence-electron chi connectivity index (χ2n) is 33.2. The molecule has 10 aromatic carbocycles. The van der Waals surface area contributed by atoms with Crippen LogP contribution in [0.1, 0.15) is 199 Å². The number of benzene rings is 10. The molecule has 9 nitrogen and oxygen atoms in total. The van der Waals surface area contributed by atoms with E-state index < -0.39 is 58.9 Å². The molecule has 3 aromatic heterocycles. The number of hydrogen-bond donors (Lipinski definition) is 0. The standard InChI is InChI=1S/C24H25BF3.C18H12Cl3S.C16H36N.C12H4Cl6F3N3.2C10H6F2N.C7H8O3S.2C5H10.2CH3.Ti/c1-2-3-4-5-15-25(19-9-6-12-22(26)16-19,20-10-7-13-23(27)17-20)21-11-8-14-24(28)18-21;19-13-1-7-16(8-2-13)22(17-9-3-14(20)4-10-17)18-11-5-15(21)6-12-18;1-5-9-13-17(14-10-6-2,15-11-7-3)16-12-8-4;13-10(14,15)8-22-7(23-9(24-8)11(16,17)18)5-1-3-6(4-2-5)12(19,20)21;2*11-8-3-4-10(9(12)7-8)13-5-1-2-6-13;1-6-2-4-7(5-3-6)11(8,9)10;2*1-2-4-5-3-1;;;/h6-14,16-18H,2-5,15H2,1H3;1-12H;5-16H2,1-4H3;1-4H;2*1-6H;2-5H,1H3,(H,8,9,10);2*1-5H2;2*1H3;/q-1;2*+1;;2*-1;;;;2*-1;+4/p-1. The van der Waals surface area contributed by atoms with Gasteiger partial charge in [0.05, 0.1) is 53.7 Å². The Bertz CT molecular complexity index is 5430. The Morgan fingerprint density at radius 3 is 1.01 bits per heavy atom. The summed E-state index contributed by atoms with van der Waals surface area (Å²) in [6.07, 6.45) is 31.4. The van der Waals surface area contributed by atoms with Crippen LogP contribution in [0.3, 0.4) is 0 Å². The van der Waals surface area contributed by atoms with E-state index in [0.717, 1.165) is 87.0 Å². The molecule has 0 amide bonds. The van der Waals surface area contributed by atoms with E-state index in [2.05, 4.69) is 86.0 Å². The SMILES string of the molecule is C1CCCC1.C1CCCC1.CCCCCC[B-](c1cccc(F)c1)(c1cccc(F)c1)c1cccc(F)c1.CCCC[N+](CCCC)(CCCC)CCCC.Cc1ccc(S(=O)(=O)[O-])cc1.Clc1ccc([S+](c2ccc(Cl)cc2)c2ccc(Cl)cc2)cc1.FC(F)(F)c1ccc(-c2nc(C(Cl)(Cl)Cl)nc(C(Cl)(Cl)Cl)n2)cc1.Fc1[c-]c(F)c(-n2cccc2)cc1.Fc1[c-]c(F)c(-n2cccc2)cc1.[CH3-].[CH3-].[Ti+4]. The third-order valence-corrected chi connectivity index (χ3v) is 27.6. The number of aromatic nitrogens is 5. The molecule has 0 spiro atoms. The Balaban J connectivity index is 0.000000342. The molecule has 0 aliphatic heterocycles. The summed E-state index contributed by atoms with van der Waals surface area (Å²) < 4.78 is 163. The molecule has 0 saturated heterocycles. The molecule has 0 unspecified atom stereocenters. The van der Waals surface area contributed by atoms with Gasteiger partial charge in [0.2, 0.25) is 7.59 Å². The molecule has 13 aromatic rings. The van der Waals surface area contributed by atoms with Crippen LogP contribution in [0.4, 0.5) is 43.9 Å². The van der Waals surface area contributed by atoms with Crippen molar-refractivity contribution in [1.82, 2.24) is 24.1 Å². The van der Waals surface area contributed by atoms with Gasteiger partial charge in [-0.3, -0.25) is 0 Å². The Morgan fingerprint density at radius 2 is 0.730 bits per heavy atom. The van der Waals surface area contributed by atoms with Crippen molar-refractivity contribution in [3.8, 4) is 22.8 Å². The topological polar surface area (TPSA) is 106 Å². The Labute approximate surface area is 891 Å². The van der Waals surface area contributed by atoms with Gasteiger partial charge in [0.25, 0.3) is 0 Å². The predicted octanol–water partition coefficient (Wildman–Crippen LogP) is 33.9. The smallest absolute Gasteiger partial charge is 0.744 e. The van der Waals surface area contributed by atoms with Crippen LogP contribution in [0.25, 0.3) is 22.8 Å². The molecule has 0 radical (unpaired) electrons. The van der Waals surface area contributed by atoms with Crippen LogP contribution >= 0.6 is 104 Å². The summed E-state index contributed by atoms with van der Waals surface area (Å²) in [6.45, 7) is 19.0. The summed E-state index contributed by atoms with van der Waals surface area (Å²) in [7, 11) is -4.48. The summed E-state index contributed by atoms with van der Waals surface area (Å²) in [5, 5.41) is 2.21. The normalized spacial score (nSPS) is 12.2. The first-order valence-corrected chi connectivity index (χ1v) is 52.2. The Kier molecular flexibility index (Phi) is 57.7. The van der Waals surface area contributed by atoms with Gasteiger partial charge < -0.3 is 33.0 Å². The second kappa shape index (κ2) is 64.6. The van der Waals surface area contributed by atoms with Gasteiger partial charge in [-0.2, -0.15) is 35.9 Å². The predicted molar refractivity (Wildman–Crippen MR) is 565 cm³/mol. The molecule has 2 aliphatic rings. The van der Waals surface area contributed by atoms with Crippen LogP contribution in [0.2, 0.25) is 21.4 Å². The average Bonchev–Trinajstić information content (AvgIpc) is 1.72. The Morgan fingerprint density at radius 1 is 0.411 bits per heavy atom. The fourth-order valence-corrected chi connectivity index (χ4v) is 18.9. The molecule has 0 N–H and O–H groups in total. The first-order valence-electron chi connectivity index (χ1n) is 46.2. The maximum Gasteiger partial charge on any atom is 4.00 e. The summed E-state index contributed by atoms with van der Waals surface area (Å²) >= 11 is 52.4. The fourth-order valence-electron chi connectivity index (χ4n) is 15.5. The minimum Gasteiger partial charge on any atom is -0.744 e. The van der Waals surface area contributed by atoms with Gasteiger partial charge >= 0.3 is 27.9 Å². The summed E-state index contributed by atoms with van der Waals surface area (Å²) in [4.78, 5) is 15.0. The van der Waals surface area contributed by atoms with Gasteiger partial charge in [0.15, 0.2) is 32.2 Å². The van der Waals surface area contributed by atoms with Crippen molar-refractivity contribution in [2.24, 2.45) is 0 Å². The summed E-state index contributed by atoms with van der Waals surface area (Å²) in [5.74, 6) is -4.55. The molecular weight excluding hydrogens is 2070 g/mol. The number of quaternary nitrogens is 1. The van der Waals surface area contributed by atoms with E-state index in [-0.39, 0.29) is 92.8 Å². The molecule has 2 aliphatic carbocycles. The van der Waals surface area contributed by atoms with E-state index in [0.29, 0.717) is 17.7 Å². The quantitative estimate of drug-likeness (QED) is 0.00742. The number of aryl methyl sites for hydroxylation is 1. The summed E-state index contributed by atoms with van der Waals surface area (Å²) in [5.41, 5.74) is 3.18. The van der Waals surface area contributed by atoms with E-state index >= 15 is 0 Å². The van der Waals surface area contributed by atoms with Crippen LogP contribution in [0.15, 0.2) is 287 Å². The second-order valence-corrected chi connectivity index (χ2v) is 42.5. The molecule has 15 rings (SSSR count). The van der Waals surface area contributed by atoms with Crippen LogP contribution in [-0.4, -0.2) is 73.9 Å². The van der Waals surface area contributed by atoms with E-state index in [9.17, 15) is 56.9 Å². The van der Waals surface area contributed by atoms with E-state index in [1.54, 1.807) is 88.5 Å². The minimum atomic E-state index is -4.48.